The molecule has 3 nitrogen and oxygen atoms in total. The molecule has 1 aliphatic heterocycles. The minimum atomic E-state index is -0.306. The lowest BCUT2D eigenvalue weighted by molar-refractivity contribution is 0.321. The lowest BCUT2D eigenvalue weighted by Gasteiger charge is -2.39. The minimum Gasteiger partial charge on any atom is -0.495 e. The molecule has 1 aliphatic rings. The Hall–Kier alpha value is -2.17. The topological polar surface area (TPSA) is 34.1 Å². The molecule has 2 aromatic carbocycles. The van der Waals surface area contributed by atoms with Crippen molar-refractivity contribution in [3.8, 4) is 5.75 Å². The average molecular weight is 371 g/mol. The summed E-state index contributed by atoms with van der Waals surface area (Å²) in [4.78, 5) is 4.36. The van der Waals surface area contributed by atoms with E-state index in [1.807, 2.05) is 24.3 Å². The number of methoxy groups -OCH3 is 1. The van der Waals surface area contributed by atoms with Crippen LogP contribution in [0.25, 0.3) is 10.9 Å². The fourth-order valence-electron chi connectivity index (χ4n) is 3.81. The van der Waals surface area contributed by atoms with Gasteiger partial charge < -0.3 is 10.1 Å². The van der Waals surface area contributed by atoms with E-state index in [4.69, 9.17) is 16.3 Å². The minimum absolute atomic E-state index is 0.0694. The number of halogens is 2. The number of hydrogen-bond acceptors (Lipinski definition) is 3. The van der Waals surface area contributed by atoms with Gasteiger partial charge in [0.25, 0.3) is 0 Å². The number of para-hydroxylation sites is 1. The monoisotopic (exact) mass is 370 g/mol. The van der Waals surface area contributed by atoms with Gasteiger partial charge in [-0.1, -0.05) is 29.8 Å². The molecule has 134 valence electrons. The summed E-state index contributed by atoms with van der Waals surface area (Å²) >= 11 is 6.34. The normalized spacial score (nSPS) is 18.6. The van der Waals surface area contributed by atoms with Crippen molar-refractivity contribution in [3.05, 3.63) is 70.1 Å². The molecule has 1 atom stereocenters. The van der Waals surface area contributed by atoms with Gasteiger partial charge in [0.05, 0.1) is 18.2 Å². The summed E-state index contributed by atoms with van der Waals surface area (Å²) in [5.74, 6) is 0.420. The van der Waals surface area contributed by atoms with E-state index in [1.54, 1.807) is 19.4 Å². The lowest BCUT2D eigenvalue weighted by atomic mass is 9.81. The van der Waals surface area contributed by atoms with Crippen LogP contribution in [-0.2, 0) is 6.42 Å². The molecule has 2 heterocycles. The van der Waals surface area contributed by atoms with E-state index >= 15 is 0 Å². The van der Waals surface area contributed by atoms with Crippen molar-refractivity contribution in [2.75, 3.05) is 7.11 Å². The molecule has 0 bridgehead atoms. The third-order valence-electron chi connectivity index (χ3n) is 4.93. The summed E-state index contributed by atoms with van der Waals surface area (Å²) in [6.45, 7) is 4.30. The average Bonchev–Trinajstić information content (AvgIpc) is 2.60. The first-order valence-corrected chi connectivity index (χ1v) is 8.94. The highest BCUT2D eigenvalue weighted by molar-refractivity contribution is 6.32. The van der Waals surface area contributed by atoms with Gasteiger partial charge in [-0.25, -0.2) is 4.39 Å². The molecule has 0 saturated heterocycles. The molecule has 0 fully saturated rings. The highest BCUT2D eigenvalue weighted by Gasteiger charge is 2.35. The van der Waals surface area contributed by atoms with Gasteiger partial charge in [0.1, 0.15) is 17.1 Å². The summed E-state index contributed by atoms with van der Waals surface area (Å²) in [7, 11) is 1.64. The second-order valence-corrected chi connectivity index (χ2v) is 7.77. The van der Waals surface area contributed by atoms with E-state index in [1.165, 1.54) is 6.07 Å². The number of pyridine rings is 1. The largest absolute Gasteiger partial charge is 0.495 e. The molecule has 1 N–H and O–H groups in total. The summed E-state index contributed by atoms with van der Waals surface area (Å²) in [5, 5.41) is 5.08. The van der Waals surface area contributed by atoms with Crippen molar-refractivity contribution >= 4 is 22.5 Å². The van der Waals surface area contributed by atoms with Crippen molar-refractivity contribution in [1.82, 2.24) is 10.3 Å². The predicted molar refractivity (Wildman–Crippen MR) is 102 cm³/mol. The van der Waals surface area contributed by atoms with E-state index < -0.39 is 0 Å². The second-order valence-electron chi connectivity index (χ2n) is 7.37. The second kappa shape index (κ2) is 6.22. The van der Waals surface area contributed by atoms with E-state index in [0.717, 1.165) is 34.2 Å². The van der Waals surface area contributed by atoms with E-state index in [0.29, 0.717) is 10.5 Å². The van der Waals surface area contributed by atoms with Crippen LogP contribution in [0.1, 0.15) is 36.6 Å². The van der Waals surface area contributed by atoms with Gasteiger partial charge in [-0.15, -0.1) is 0 Å². The zero-order chi connectivity index (χ0) is 18.5. The molecule has 1 aromatic heterocycles. The van der Waals surface area contributed by atoms with Gasteiger partial charge in [0, 0.05) is 22.7 Å². The molecule has 0 radical (unpaired) electrons. The SMILES string of the molecule is COc1c(Cl)ccc2c1CC(C)(C)NC2c1cnc2c(F)cccc2c1. The Balaban J connectivity index is 1.90. The van der Waals surface area contributed by atoms with Crippen molar-refractivity contribution in [1.29, 1.82) is 0 Å². The Bertz CT molecular complexity index is 1000. The number of ether oxygens (including phenoxy) is 1. The number of aromatic nitrogens is 1. The number of nitrogens with one attached hydrogen (secondary N) is 1. The Morgan fingerprint density at radius 2 is 2.08 bits per heavy atom. The molecule has 0 saturated carbocycles. The van der Waals surface area contributed by atoms with Crippen LogP contribution in [0, 0.1) is 5.82 Å². The zero-order valence-electron chi connectivity index (χ0n) is 14.9. The van der Waals surface area contributed by atoms with Crippen molar-refractivity contribution in [2.45, 2.75) is 31.8 Å². The van der Waals surface area contributed by atoms with Crippen LogP contribution in [0.3, 0.4) is 0 Å². The Morgan fingerprint density at radius 1 is 1.27 bits per heavy atom. The zero-order valence-corrected chi connectivity index (χ0v) is 15.7. The van der Waals surface area contributed by atoms with Crippen LogP contribution < -0.4 is 10.1 Å². The van der Waals surface area contributed by atoms with E-state index in [-0.39, 0.29) is 17.4 Å². The van der Waals surface area contributed by atoms with Gasteiger partial charge in [-0.3, -0.25) is 4.98 Å². The van der Waals surface area contributed by atoms with E-state index in [9.17, 15) is 4.39 Å². The number of hydrogen-bond donors (Lipinski definition) is 1. The maximum absolute atomic E-state index is 14.0. The summed E-state index contributed by atoms with van der Waals surface area (Å²) < 4.78 is 19.5. The quantitative estimate of drug-likeness (QED) is 0.685. The molecule has 3 aromatic rings. The maximum atomic E-state index is 14.0. The first kappa shape index (κ1) is 17.3. The molecule has 0 aliphatic carbocycles. The predicted octanol–water partition coefficient (Wildman–Crippen LogP) is 5.05. The highest BCUT2D eigenvalue weighted by atomic mass is 35.5. The summed E-state index contributed by atoms with van der Waals surface area (Å²) in [6, 6.07) is 10.8. The van der Waals surface area contributed by atoms with Crippen molar-refractivity contribution in [3.63, 3.8) is 0 Å². The molecule has 1 unspecified atom stereocenters. The number of fused-ring (bicyclic) bond motifs is 2. The first-order chi connectivity index (χ1) is 12.4. The maximum Gasteiger partial charge on any atom is 0.149 e. The van der Waals surface area contributed by atoms with Crippen LogP contribution >= 0.6 is 11.6 Å². The molecule has 4 rings (SSSR count). The van der Waals surface area contributed by atoms with Crippen LogP contribution in [0.2, 0.25) is 5.02 Å². The van der Waals surface area contributed by atoms with Crippen molar-refractivity contribution < 1.29 is 9.13 Å². The van der Waals surface area contributed by atoms with Gasteiger partial charge in [0.2, 0.25) is 0 Å². The highest BCUT2D eigenvalue weighted by Crippen LogP contribution is 2.42. The molecule has 0 amide bonds. The molecule has 0 spiro atoms. The van der Waals surface area contributed by atoms with Crippen LogP contribution in [0.15, 0.2) is 42.6 Å². The third-order valence-corrected chi connectivity index (χ3v) is 5.23. The van der Waals surface area contributed by atoms with Gasteiger partial charge in [0.15, 0.2) is 0 Å². The smallest absolute Gasteiger partial charge is 0.149 e. The molecular weight excluding hydrogens is 351 g/mol. The van der Waals surface area contributed by atoms with Crippen LogP contribution in [0.4, 0.5) is 4.39 Å². The van der Waals surface area contributed by atoms with Crippen LogP contribution in [-0.4, -0.2) is 17.6 Å². The van der Waals surface area contributed by atoms with Gasteiger partial charge in [-0.2, -0.15) is 0 Å². The molecule has 26 heavy (non-hydrogen) atoms. The van der Waals surface area contributed by atoms with Crippen LogP contribution in [0.5, 0.6) is 5.75 Å². The first-order valence-electron chi connectivity index (χ1n) is 8.57. The number of benzene rings is 2. The fourth-order valence-corrected chi connectivity index (χ4v) is 4.06. The standard InChI is InChI=1S/C21H20ClFN2O/c1-21(2)10-15-14(7-8-16(22)20(15)26-3)18(25-21)13-9-12-5-4-6-17(23)19(12)24-11-13/h4-9,11,18,25H,10H2,1-3H3. The fraction of sp³-hybridized carbons (Fsp3) is 0.286. The number of nitrogens with zero attached hydrogens (tertiary/aromatic N) is 1. The van der Waals surface area contributed by atoms with Gasteiger partial charge in [-0.05, 0) is 49.6 Å². The Kier molecular flexibility index (Phi) is 4.13. The van der Waals surface area contributed by atoms with E-state index in [2.05, 4.69) is 24.1 Å². The lowest BCUT2D eigenvalue weighted by Crippen LogP contribution is -2.48. The Labute approximate surface area is 157 Å². The Morgan fingerprint density at radius 3 is 2.85 bits per heavy atom. The molecule has 5 heteroatoms. The molecular formula is C21H20ClFN2O. The summed E-state index contributed by atoms with van der Waals surface area (Å²) in [5.41, 5.74) is 3.45. The summed E-state index contributed by atoms with van der Waals surface area (Å²) in [6.07, 6.45) is 2.55. The van der Waals surface area contributed by atoms with Crippen molar-refractivity contribution in [2.24, 2.45) is 0 Å². The number of rotatable bonds is 2. The third kappa shape index (κ3) is 2.83. The van der Waals surface area contributed by atoms with Gasteiger partial charge >= 0.3 is 0 Å².